The summed E-state index contributed by atoms with van der Waals surface area (Å²) in [6.45, 7) is 10.8. The molecule has 0 spiro atoms. The van der Waals surface area contributed by atoms with Crippen molar-refractivity contribution in [2.24, 2.45) is 0 Å². The number of morpholine rings is 1. The van der Waals surface area contributed by atoms with E-state index in [0.29, 0.717) is 24.3 Å². The third kappa shape index (κ3) is 5.85. The second kappa shape index (κ2) is 9.11. The molecule has 2 unspecified atom stereocenters. The van der Waals surface area contributed by atoms with Crippen LogP contribution in [-0.2, 0) is 11.3 Å². The van der Waals surface area contributed by atoms with Crippen molar-refractivity contribution in [3.8, 4) is 0 Å². The molecule has 6 nitrogen and oxygen atoms in total. The molecule has 0 aliphatic carbocycles. The lowest BCUT2D eigenvalue weighted by Crippen LogP contribution is -2.45. The Morgan fingerprint density at radius 1 is 1.29 bits per heavy atom. The number of rotatable bonds is 8. The molecule has 0 bridgehead atoms. The number of benzene rings is 1. The Balaban J connectivity index is 1.63. The first-order valence-corrected chi connectivity index (χ1v) is 8.78. The first kappa shape index (κ1) is 18.8. The second-order valence-electron chi connectivity index (χ2n) is 6.78. The highest BCUT2D eigenvalue weighted by Crippen LogP contribution is 2.19. The average molecular weight is 335 g/mol. The van der Waals surface area contributed by atoms with Crippen LogP contribution in [0.5, 0.6) is 0 Å². The zero-order chi connectivity index (χ0) is 17.5. The zero-order valence-corrected chi connectivity index (χ0v) is 15.0. The van der Waals surface area contributed by atoms with Crippen LogP contribution in [0.25, 0.3) is 0 Å². The molecule has 24 heavy (non-hydrogen) atoms. The average Bonchev–Trinajstić information content (AvgIpc) is 2.51. The molecule has 2 rings (SSSR count). The van der Waals surface area contributed by atoms with E-state index in [0.717, 1.165) is 44.6 Å². The number of nitrogens with zero attached hydrogens (tertiary/aromatic N) is 2. The van der Waals surface area contributed by atoms with Crippen molar-refractivity contribution < 1.29 is 9.66 Å². The zero-order valence-electron chi connectivity index (χ0n) is 15.0. The van der Waals surface area contributed by atoms with E-state index < -0.39 is 0 Å². The van der Waals surface area contributed by atoms with Gasteiger partial charge in [-0.15, -0.1) is 0 Å². The largest absolute Gasteiger partial charge is 0.373 e. The molecule has 2 atom stereocenters. The van der Waals surface area contributed by atoms with Crippen molar-refractivity contribution in [2.75, 3.05) is 26.2 Å². The Morgan fingerprint density at radius 2 is 2.00 bits per heavy atom. The van der Waals surface area contributed by atoms with Crippen LogP contribution >= 0.6 is 0 Å². The smallest absolute Gasteiger partial charge is 0.272 e. The lowest BCUT2D eigenvalue weighted by molar-refractivity contribution is -0.385. The summed E-state index contributed by atoms with van der Waals surface area (Å²) >= 11 is 0. The predicted octanol–water partition coefficient (Wildman–Crippen LogP) is 2.88. The number of nitro groups is 1. The second-order valence-corrected chi connectivity index (χ2v) is 6.78. The number of nitrogens with one attached hydrogen (secondary N) is 1. The fourth-order valence-electron chi connectivity index (χ4n) is 3.25. The van der Waals surface area contributed by atoms with Crippen LogP contribution in [0.4, 0.5) is 5.69 Å². The summed E-state index contributed by atoms with van der Waals surface area (Å²) in [6, 6.07) is 5.43. The summed E-state index contributed by atoms with van der Waals surface area (Å²) in [4.78, 5) is 13.1. The molecule has 0 radical (unpaired) electrons. The van der Waals surface area contributed by atoms with Crippen LogP contribution in [0.15, 0.2) is 18.2 Å². The van der Waals surface area contributed by atoms with Crippen molar-refractivity contribution in [3.05, 3.63) is 39.4 Å². The maximum atomic E-state index is 11.0. The topological polar surface area (TPSA) is 67.6 Å². The Morgan fingerprint density at radius 3 is 2.67 bits per heavy atom. The lowest BCUT2D eigenvalue weighted by Gasteiger charge is -2.35. The number of ether oxygens (including phenoxy) is 1. The van der Waals surface area contributed by atoms with Crippen LogP contribution in [0.2, 0.25) is 0 Å². The third-order valence-electron chi connectivity index (χ3n) is 4.37. The fourth-order valence-corrected chi connectivity index (χ4v) is 3.25. The monoisotopic (exact) mass is 335 g/mol. The van der Waals surface area contributed by atoms with Crippen LogP contribution in [0, 0.1) is 17.0 Å². The molecule has 1 fully saturated rings. The van der Waals surface area contributed by atoms with Crippen molar-refractivity contribution in [3.63, 3.8) is 0 Å². The Labute approximate surface area is 144 Å². The van der Waals surface area contributed by atoms with E-state index in [2.05, 4.69) is 24.1 Å². The normalized spacial score (nSPS) is 21.8. The van der Waals surface area contributed by atoms with Gasteiger partial charge < -0.3 is 10.1 Å². The molecule has 0 amide bonds. The molecule has 1 heterocycles. The van der Waals surface area contributed by atoms with Crippen LogP contribution < -0.4 is 5.32 Å². The molecule has 134 valence electrons. The quantitative estimate of drug-likeness (QED) is 0.449. The van der Waals surface area contributed by atoms with Gasteiger partial charge in [-0.05, 0) is 52.3 Å². The van der Waals surface area contributed by atoms with Gasteiger partial charge in [-0.1, -0.05) is 12.1 Å². The maximum Gasteiger partial charge on any atom is 0.272 e. The minimum atomic E-state index is -0.316. The van der Waals surface area contributed by atoms with Gasteiger partial charge in [-0.3, -0.25) is 15.0 Å². The van der Waals surface area contributed by atoms with Crippen molar-refractivity contribution in [1.82, 2.24) is 10.2 Å². The van der Waals surface area contributed by atoms with Crippen LogP contribution in [0.1, 0.15) is 37.8 Å². The Hall–Kier alpha value is -1.50. The van der Waals surface area contributed by atoms with E-state index in [1.807, 2.05) is 12.1 Å². The molecule has 0 saturated carbocycles. The van der Waals surface area contributed by atoms with E-state index in [9.17, 15) is 10.1 Å². The molecule has 1 aliphatic heterocycles. The summed E-state index contributed by atoms with van der Waals surface area (Å²) in [5.74, 6) is 0. The molecule has 1 aliphatic rings. The standard InChI is InChI=1S/C18H29N3O3/c1-14-6-7-17(10-18(14)21(22)23)11-19-8-4-5-9-20-12-15(2)24-16(3)13-20/h6-7,10,15-16,19H,4-5,8-9,11-13H2,1-3H3. The summed E-state index contributed by atoms with van der Waals surface area (Å²) in [5, 5.41) is 14.3. The minimum absolute atomic E-state index is 0.199. The van der Waals surface area contributed by atoms with Crippen molar-refractivity contribution in [1.29, 1.82) is 0 Å². The van der Waals surface area contributed by atoms with Gasteiger partial charge in [-0.25, -0.2) is 0 Å². The van der Waals surface area contributed by atoms with Gasteiger partial charge >= 0.3 is 0 Å². The first-order valence-electron chi connectivity index (χ1n) is 8.78. The predicted molar refractivity (Wildman–Crippen MR) is 95.2 cm³/mol. The van der Waals surface area contributed by atoms with Gasteiger partial charge in [-0.2, -0.15) is 0 Å². The molecule has 1 saturated heterocycles. The van der Waals surface area contributed by atoms with E-state index in [1.165, 1.54) is 0 Å². The highest BCUT2D eigenvalue weighted by atomic mass is 16.6. The van der Waals surface area contributed by atoms with Gasteiger partial charge in [0.15, 0.2) is 0 Å². The first-order chi connectivity index (χ1) is 11.5. The van der Waals surface area contributed by atoms with Gasteiger partial charge in [0.2, 0.25) is 0 Å². The summed E-state index contributed by atoms with van der Waals surface area (Å²) in [6.07, 6.45) is 2.91. The summed E-state index contributed by atoms with van der Waals surface area (Å²) in [7, 11) is 0. The molecule has 1 aromatic rings. The molecule has 1 N–H and O–H groups in total. The minimum Gasteiger partial charge on any atom is -0.373 e. The number of unbranched alkanes of at least 4 members (excludes halogenated alkanes) is 1. The van der Waals surface area contributed by atoms with E-state index in [4.69, 9.17) is 4.74 Å². The number of hydrogen-bond acceptors (Lipinski definition) is 5. The lowest BCUT2D eigenvalue weighted by atomic mass is 10.1. The maximum absolute atomic E-state index is 11.0. The fraction of sp³-hybridized carbons (Fsp3) is 0.667. The molecular formula is C18H29N3O3. The van der Waals surface area contributed by atoms with E-state index in [1.54, 1.807) is 13.0 Å². The molecular weight excluding hydrogens is 306 g/mol. The van der Waals surface area contributed by atoms with Crippen molar-refractivity contribution >= 4 is 5.69 Å². The van der Waals surface area contributed by atoms with Crippen LogP contribution in [0.3, 0.4) is 0 Å². The number of aryl methyl sites for hydroxylation is 1. The molecule has 1 aromatic carbocycles. The molecule has 0 aromatic heterocycles. The van der Waals surface area contributed by atoms with Gasteiger partial charge in [0, 0.05) is 31.3 Å². The van der Waals surface area contributed by atoms with Gasteiger partial charge in [0.1, 0.15) is 0 Å². The highest BCUT2D eigenvalue weighted by molar-refractivity contribution is 5.42. The highest BCUT2D eigenvalue weighted by Gasteiger charge is 2.21. The van der Waals surface area contributed by atoms with Gasteiger partial charge in [0.25, 0.3) is 5.69 Å². The van der Waals surface area contributed by atoms with Crippen molar-refractivity contribution in [2.45, 2.75) is 52.4 Å². The number of hydrogen-bond donors (Lipinski definition) is 1. The van der Waals surface area contributed by atoms with E-state index in [-0.39, 0.29) is 10.6 Å². The summed E-state index contributed by atoms with van der Waals surface area (Å²) in [5.41, 5.74) is 1.87. The number of nitro benzene ring substituents is 1. The Bertz CT molecular complexity index is 540. The SMILES string of the molecule is Cc1ccc(CNCCCCN2CC(C)OC(C)C2)cc1[N+](=O)[O-]. The summed E-state index contributed by atoms with van der Waals surface area (Å²) < 4.78 is 5.74. The Kier molecular flexibility index (Phi) is 7.15. The molecule has 6 heteroatoms. The van der Waals surface area contributed by atoms with E-state index >= 15 is 0 Å². The van der Waals surface area contributed by atoms with Gasteiger partial charge in [0.05, 0.1) is 17.1 Å². The van der Waals surface area contributed by atoms with Crippen LogP contribution in [-0.4, -0.2) is 48.2 Å². The third-order valence-corrected chi connectivity index (χ3v) is 4.37.